The van der Waals surface area contributed by atoms with Gasteiger partial charge in [-0.3, -0.25) is 4.90 Å². The van der Waals surface area contributed by atoms with Crippen molar-refractivity contribution in [3.63, 3.8) is 0 Å². The predicted octanol–water partition coefficient (Wildman–Crippen LogP) is 2.65. The van der Waals surface area contributed by atoms with E-state index in [-0.39, 0.29) is 0 Å². The van der Waals surface area contributed by atoms with E-state index in [9.17, 15) is 0 Å². The van der Waals surface area contributed by atoms with Crippen LogP contribution in [0.4, 0.5) is 0 Å². The lowest BCUT2D eigenvalue weighted by Gasteiger charge is -2.25. The molecule has 3 rings (SSSR count). The molecule has 6 heteroatoms. The number of hydrogen-bond donors (Lipinski definition) is 1. The van der Waals surface area contributed by atoms with Gasteiger partial charge >= 0.3 is 0 Å². The summed E-state index contributed by atoms with van der Waals surface area (Å²) in [7, 11) is 0. The molecule has 2 aromatic heterocycles. The van der Waals surface area contributed by atoms with Crippen molar-refractivity contribution >= 4 is 11.8 Å². The van der Waals surface area contributed by atoms with E-state index in [2.05, 4.69) is 31.8 Å². The van der Waals surface area contributed by atoms with Gasteiger partial charge in [-0.2, -0.15) is 0 Å². The van der Waals surface area contributed by atoms with Crippen LogP contribution in [0.15, 0.2) is 23.9 Å². The van der Waals surface area contributed by atoms with Crippen molar-refractivity contribution in [2.75, 3.05) is 12.3 Å². The molecule has 0 saturated heterocycles. The average molecular weight is 303 g/mol. The van der Waals surface area contributed by atoms with E-state index in [0.29, 0.717) is 0 Å². The van der Waals surface area contributed by atoms with E-state index < -0.39 is 0 Å². The standard InChI is InChI=1S/C15H21N5S/c1-2-3-6-21-15-16-7-12(8-17-15)9-20-5-4-13-14(10-20)19-11-18-13/h7-8,11H,2-6,9-10H2,1H3,(H,18,19). The van der Waals surface area contributed by atoms with E-state index in [1.54, 1.807) is 18.1 Å². The third-order valence-electron chi connectivity index (χ3n) is 3.67. The number of thioether (sulfide) groups is 1. The largest absolute Gasteiger partial charge is 0.347 e. The number of imidazole rings is 1. The van der Waals surface area contributed by atoms with Crippen LogP contribution in [0.1, 0.15) is 36.7 Å². The molecular formula is C15H21N5S. The van der Waals surface area contributed by atoms with Crippen LogP contribution in [0.5, 0.6) is 0 Å². The predicted molar refractivity (Wildman–Crippen MR) is 84.1 cm³/mol. The minimum atomic E-state index is 0.890. The number of aromatic amines is 1. The Bertz CT molecular complexity index is 566. The van der Waals surface area contributed by atoms with E-state index in [4.69, 9.17) is 0 Å². The number of unbranched alkanes of at least 4 members (excludes halogenated alkanes) is 1. The van der Waals surface area contributed by atoms with Gasteiger partial charge in [-0.1, -0.05) is 25.1 Å². The molecule has 0 radical (unpaired) electrons. The summed E-state index contributed by atoms with van der Waals surface area (Å²) in [4.78, 5) is 18.9. The van der Waals surface area contributed by atoms with Gasteiger partial charge in [0.05, 0.1) is 17.7 Å². The number of hydrogen-bond acceptors (Lipinski definition) is 5. The molecule has 0 unspecified atom stereocenters. The lowest BCUT2D eigenvalue weighted by Crippen LogP contribution is -2.30. The van der Waals surface area contributed by atoms with Crippen LogP contribution in [-0.4, -0.2) is 37.1 Å². The summed E-state index contributed by atoms with van der Waals surface area (Å²) < 4.78 is 0. The first-order chi connectivity index (χ1) is 10.3. The van der Waals surface area contributed by atoms with Crippen molar-refractivity contribution in [3.05, 3.63) is 35.7 Å². The molecule has 1 aliphatic rings. The molecule has 3 heterocycles. The topological polar surface area (TPSA) is 57.7 Å². The van der Waals surface area contributed by atoms with Gasteiger partial charge in [0.15, 0.2) is 5.16 Å². The molecule has 0 bridgehead atoms. The van der Waals surface area contributed by atoms with E-state index in [1.807, 2.05) is 12.4 Å². The normalized spacial score (nSPS) is 15.1. The van der Waals surface area contributed by atoms with Gasteiger partial charge in [0.25, 0.3) is 0 Å². The Morgan fingerprint density at radius 1 is 1.29 bits per heavy atom. The second kappa shape index (κ2) is 7.04. The van der Waals surface area contributed by atoms with Gasteiger partial charge in [-0.05, 0) is 6.42 Å². The van der Waals surface area contributed by atoms with Gasteiger partial charge < -0.3 is 4.98 Å². The van der Waals surface area contributed by atoms with Crippen LogP contribution >= 0.6 is 11.8 Å². The first kappa shape index (κ1) is 14.5. The highest BCUT2D eigenvalue weighted by atomic mass is 32.2. The number of H-pyrrole nitrogens is 1. The zero-order valence-electron chi connectivity index (χ0n) is 12.4. The van der Waals surface area contributed by atoms with Gasteiger partial charge in [-0.25, -0.2) is 15.0 Å². The van der Waals surface area contributed by atoms with Gasteiger partial charge in [0.2, 0.25) is 0 Å². The minimum absolute atomic E-state index is 0.890. The molecule has 0 amide bonds. The number of fused-ring (bicyclic) bond motifs is 1. The summed E-state index contributed by atoms with van der Waals surface area (Å²) in [6, 6.07) is 0. The quantitative estimate of drug-likeness (QED) is 0.505. The fourth-order valence-electron chi connectivity index (χ4n) is 2.47. The smallest absolute Gasteiger partial charge is 0.187 e. The lowest BCUT2D eigenvalue weighted by molar-refractivity contribution is 0.241. The molecule has 0 saturated carbocycles. The van der Waals surface area contributed by atoms with Crippen LogP contribution in [0.3, 0.4) is 0 Å². The highest BCUT2D eigenvalue weighted by Gasteiger charge is 2.18. The van der Waals surface area contributed by atoms with Crippen molar-refractivity contribution in [1.29, 1.82) is 0 Å². The molecular weight excluding hydrogens is 282 g/mol. The van der Waals surface area contributed by atoms with Crippen LogP contribution in [0.2, 0.25) is 0 Å². The van der Waals surface area contributed by atoms with Crippen LogP contribution in [-0.2, 0) is 19.5 Å². The first-order valence-electron chi connectivity index (χ1n) is 7.52. The van der Waals surface area contributed by atoms with Gasteiger partial charge in [0.1, 0.15) is 0 Å². The molecule has 2 aromatic rings. The first-order valence-corrected chi connectivity index (χ1v) is 8.51. The van der Waals surface area contributed by atoms with Crippen molar-refractivity contribution < 1.29 is 0 Å². The van der Waals surface area contributed by atoms with Crippen LogP contribution in [0.25, 0.3) is 0 Å². The number of nitrogens with one attached hydrogen (secondary N) is 1. The van der Waals surface area contributed by atoms with Crippen LogP contribution in [0, 0.1) is 0 Å². The highest BCUT2D eigenvalue weighted by Crippen LogP contribution is 2.18. The maximum Gasteiger partial charge on any atom is 0.187 e. The third-order valence-corrected chi connectivity index (χ3v) is 4.63. The molecule has 1 N–H and O–H groups in total. The monoisotopic (exact) mass is 303 g/mol. The zero-order valence-corrected chi connectivity index (χ0v) is 13.2. The molecule has 0 aromatic carbocycles. The molecule has 0 fully saturated rings. The lowest BCUT2D eigenvalue weighted by atomic mass is 10.1. The molecule has 0 atom stereocenters. The number of aromatic nitrogens is 4. The second-order valence-electron chi connectivity index (χ2n) is 5.36. The van der Waals surface area contributed by atoms with Crippen LogP contribution < -0.4 is 0 Å². The summed E-state index contributed by atoms with van der Waals surface area (Å²) in [5.41, 5.74) is 3.64. The fraction of sp³-hybridized carbons (Fsp3) is 0.533. The van der Waals surface area contributed by atoms with Crippen molar-refractivity contribution in [3.8, 4) is 0 Å². The van der Waals surface area contributed by atoms with E-state index in [1.165, 1.54) is 29.8 Å². The number of rotatable bonds is 6. The average Bonchev–Trinajstić information content (AvgIpc) is 2.97. The summed E-state index contributed by atoms with van der Waals surface area (Å²) in [5, 5.41) is 0.890. The molecule has 21 heavy (non-hydrogen) atoms. The molecule has 112 valence electrons. The van der Waals surface area contributed by atoms with Crippen molar-refractivity contribution in [2.24, 2.45) is 0 Å². The summed E-state index contributed by atoms with van der Waals surface area (Å²) >= 11 is 1.74. The SMILES string of the molecule is CCCCSc1ncc(CN2CCc3nc[nH]c3C2)cn1. The van der Waals surface area contributed by atoms with Gasteiger partial charge in [-0.15, -0.1) is 0 Å². The van der Waals surface area contributed by atoms with Gasteiger partial charge in [0, 0.05) is 49.8 Å². The zero-order chi connectivity index (χ0) is 14.5. The second-order valence-corrected chi connectivity index (χ2v) is 6.43. The summed E-state index contributed by atoms with van der Waals surface area (Å²) in [6.45, 7) is 5.08. The molecule has 0 spiro atoms. The Labute approximate surface area is 129 Å². The Hall–Kier alpha value is -1.40. The van der Waals surface area contributed by atoms with Crippen molar-refractivity contribution in [1.82, 2.24) is 24.8 Å². The summed E-state index contributed by atoms with van der Waals surface area (Å²) in [5.74, 6) is 1.10. The third kappa shape index (κ3) is 3.83. The maximum absolute atomic E-state index is 4.46. The Kier molecular flexibility index (Phi) is 4.87. The molecule has 1 aliphatic heterocycles. The Morgan fingerprint density at radius 2 is 2.14 bits per heavy atom. The van der Waals surface area contributed by atoms with E-state index in [0.717, 1.165) is 37.0 Å². The minimum Gasteiger partial charge on any atom is -0.347 e. The maximum atomic E-state index is 4.46. The molecule has 5 nitrogen and oxygen atoms in total. The highest BCUT2D eigenvalue weighted by molar-refractivity contribution is 7.99. The molecule has 0 aliphatic carbocycles. The van der Waals surface area contributed by atoms with E-state index >= 15 is 0 Å². The Morgan fingerprint density at radius 3 is 2.95 bits per heavy atom. The Balaban J connectivity index is 1.54. The van der Waals surface area contributed by atoms with Crippen molar-refractivity contribution in [2.45, 2.75) is 44.4 Å². The number of nitrogens with zero attached hydrogens (tertiary/aromatic N) is 4. The summed E-state index contributed by atoms with van der Waals surface area (Å²) in [6.07, 6.45) is 9.17. The fourth-order valence-corrected chi connectivity index (χ4v) is 3.34.